The van der Waals surface area contributed by atoms with Gasteiger partial charge in [0, 0.05) is 6.04 Å². The van der Waals surface area contributed by atoms with E-state index in [0.717, 1.165) is 44.9 Å². The van der Waals surface area contributed by atoms with Gasteiger partial charge in [0.2, 0.25) is 5.91 Å². The van der Waals surface area contributed by atoms with Gasteiger partial charge in [0.25, 0.3) is 0 Å². The maximum Gasteiger partial charge on any atom is 0.407 e. The average Bonchev–Trinajstić information content (AvgIpc) is 2.74. The van der Waals surface area contributed by atoms with Crippen molar-refractivity contribution < 1.29 is 18.9 Å². The number of carbonyl (C=O) groups is 2. The van der Waals surface area contributed by atoms with Crippen LogP contribution < -0.4 is 21.1 Å². The summed E-state index contributed by atoms with van der Waals surface area (Å²) in [6.45, 7) is 0. The Kier molecular flexibility index (Phi) is 11.7. The highest BCUT2D eigenvalue weighted by molar-refractivity contribution is 7.91. The van der Waals surface area contributed by atoms with Crippen LogP contribution in [0.15, 0.2) is 0 Å². The molecular formula is C20H38N4O4S2. The van der Waals surface area contributed by atoms with Gasteiger partial charge in [0.1, 0.15) is 6.04 Å². The molecular weight excluding hydrogens is 424 g/mol. The summed E-state index contributed by atoms with van der Waals surface area (Å²) in [5.41, 5.74) is 6.08. The Morgan fingerprint density at radius 3 is 2.27 bits per heavy atom. The van der Waals surface area contributed by atoms with Crippen LogP contribution in [0.4, 0.5) is 4.79 Å². The number of carbonyl (C=O) groups excluding carboxylic acids is 2. The van der Waals surface area contributed by atoms with Crippen LogP contribution in [0.3, 0.4) is 0 Å². The van der Waals surface area contributed by atoms with Gasteiger partial charge in [-0.1, -0.05) is 32.1 Å². The first-order chi connectivity index (χ1) is 14.4. The van der Waals surface area contributed by atoms with Crippen LogP contribution in [0.5, 0.6) is 0 Å². The molecule has 0 radical (unpaired) electrons. The minimum absolute atomic E-state index is 0.215. The molecule has 2 saturated carbocycles. The van der Waals surface area contributed by atoms with Gasteiger partial charge in [-0.25, -0.2) is 9.52 Å². The van der Waals surface area contributed by atoms with E-state index < -0.39 is 17.5 Å². The average molecular weight is 463 g/mol. The first-order valence-corrected chi connectivity index (χ1v) is 12.4. The van der Waals surface area contributed by atoms with E-state index in [4.69, 9.17) is 15.0 Å². The maximum absolute atomic E-state index is 13.1. The number of nitrogens with one attached hydrogen (secondary N) is 3. The molecule has 0 aromatic carbocycles. The Morgan fingerprint density at radius 2 is 1.70 bits per heavy atom. The molecule has 2 amide bonds. The fraction of sp³-hybridized carbons (Fsp3) is 0.900. The summed E-state index contributed by atoms with van der Waals surface area (Å²) in [5.74, 6) is 0.662. The van der Waals surface area contributed by atoms with Crippen molar-refractivity contribution in [3.8, 4) is 0 Å². The van der Waals surface area contributed by atoms with E-state index in [1.54, 1.807) is 0 Å². The zero-order chi connectivity index (χ0) is 21.9. The third kappa shape index (κ3) is 8.82. The minimum atomic E-state index is -0.628. The van der Waals surface area contributed by atoms with Gasteiger partial charge >= 0.3 is 6.09 Å². The second kappa shape index (κ2) is 13.7. The molecule has 2 rings (SSSR count). The lowest BCUT2D eigenvalue weighted by Gasteiger charge is -2.33. The van der Waals surface area contributed by atoms with Crippen LogP contribution >= 0.6 is 24.9 Å². The first kappa shape index (κ1) is 25.6. The summed E-state index contributed by atoms with van der Waals surface area (Å²) in [6.07, 6.45) is 10.5. The van der Waals surface area contributed by atoms with Crippen LogP contribution in [0.2, 0.25) is 0 Å². The molecule has 0 heterocycles. The molecule has 2 aliphatic rings. The van der Waals surface area contributed by atoms with Crippen LogP contribution in [-0.2, 0) is 9.53 Å². The molecule has 10 heteroatoms. The van der Waals surface area contributed by atoms with Crippen LogP contribution in [-0.4, -0.2) is 47.2 Å². The number of alkyl carbamates (subject to hydrolysis) is 1. The Balaban J connectivity index is 1.92. The maximum atomic E-state index is 13.1. The van der Waals surface area contributed by atoms with Crippen molar-refractivity contribution in [2.75, 3.05) is 7.11 Å². The van der Waals surface area contributed by atoms with Gasteiger partial charge in [0.15, 0.2) is 0 Å². The highest BCUT2D eigenvalue weighted by atomic mass is 32.2. The van der Waals surface area contributed by atoms with Crippen LogP contribution in [0.1, 0.15) is 70.6 Å². The summed E-state index contributed by atoms with van der Waals surface area (Å²) >= 11 is 5.08. The van der Waals surface area contributed by atoms with E-state index >= 15 is 0 Å². The number of hydrogen-bond donors (Lipinski definition) is 6. The fourth-order valence-electron chi connectivity index (χ4n) is 4.71. The number of nitrogens with two attached hydrogens (primary N) is 1. The Labute approximate surface area is 190 Å². The summed E-state index contributed by atoms with van der Waals surface area (Å²) in [4.78, 5) is 24.9. The highest BCUT2D eigenvalue weighted by Gasteiger charge is 2.31. The first-order valence-electron chi connectivity index (χ1n) is 11.1. The third-order valence-corrected chi connectivity index (χ3v) is 7.28. The van der Waals surface area contributed by atoms with Crippen molar-refractivity contribution in [2.45, 2.75) is 94.1 Å². The van der Waals surface area contributed by atoms with Crippen LogP contribution in [0, 0.1) is 11.8 Å². The molecule has 0 bridgehead atoms. The molecule has 6 N–H and O–H groups in total. The van der Waals surface area contributed by atoms with Crippen LogP contribution in [0.25, 0.3) is 0 Å². The molecule has 1 unspecified atom stereocenters. The number of hydrogen-bond acceptors (Lipinski definition) is 8. The minimum Gasteiger partial charge on any atom is -0.453 e. The smallest absolute Gasteiger partial charge is 0.407 e. The predicted molar refractivity (Wildman–Crippen MR) is 123 cm³/mol. The van der Waals surface area contributed by atoms with E-state index in [-0.39, 0.29) is 11.9 Å². The molecule has 2 fully saturated rings. The van der Waals surface area contributed by atoms with Gasteiger partial charge in [-0.3, -0.25) is 4.79 Å². The third-order valence-electron chi connectivity index (χ3n) is 6.48. The summed E-state index contributed by atoms with van der Waals surface area (Å²) in [5, 5.41) is 5.28. The lowest BCUT2D eigenvalue weighted by Crippen LogP contribution is -2.54. The van der Waals surface area contributed by atoms with Gasteiger partial charge in [-0.2, -0.15) is 12.6 Å². The van der Waals surface area contributed by atoms with Crippen molar-refractivity contribution >= 4 is 36.9 Å². The van der Waals surface area contributed by atoms with Gasteiger partial charge < -0.3 is 25.7 Å². The molecule has 0 aromatic rings. The number of methoxy groups -OCH3 is 1. The van der Waals surface area contributed by atoms with E-state index in [9.17, 15) is 9.59 Å². The molecule has 0 aliphatic heterocycles. The number of amides is 2. The van der Waals surface area contributed by atoms with Crippen molar-refractivity contribution in [3.63, 3.8) is 0 Å². The van der Waals surface area contributed by atoms with Crippen molar-refractivity contribution in [3.05, 3.63) is 0 Å². The molecule has 8 nitrogen and oxygen atoms in total. The summed E-state index contributed by atoms with van der Waals surface area (Å²) < 4.78 is 16.7. The summed E-state index contributed by atoms with van der Waals surface area (Å²) in [7, 11) is 1.30. The van der Waals surface area contributed by atoms with Gasteiger partial charge in [-0.15, -0.1) is 0 Å². The normalized spacial score (nSPS) is 25.7. The molecule has 2 aliphatic carbocycles. The molecule has 0 spiro atoms. The molecule has 30 heavy (non-hydrogen) atoms. The summed E-state index contributed by atoms with van der Waals surface area (Å²) in [6, 6.07) is -0.578. The Bertz CT molecular complexity index is 527. The number of ether oxygens (including phenoxy) is 1. The van der Waals surface area contributed by atoms with Crippen molar-refractivity contribution in [1.29, 1.82) is 0 Å². The Hall–Kier alpha value is -0.680. The zero-order valence-corrected chi connectivity index (χ0v) is 19.6. The molecule has 3 atom stereocenters. The highest BCUT2D eigenvalue weighted by Crippen LogP contribution is 2.30. The van der Waals surface area contributed by atoms with Gasteiger partial charge in [-0.05, 0) is 50.4 Å². The van der Waals surface area contributed by atoms with E-state index in [2.05, 4.69) is 28.0 Å². The topological polar surface area (TPSA) is 126 Å². The predicted octanol–water partition coefficient (Wildman–Crippen LogP) is 3.04. The number of rotatable bonds is 10. The lowest BCUT2D eigenvalue weighted by molar-refractivity contribution is -0.124. The molecule has 0 saturated heterocycles. The molecule has 0 aromatic heterocycles. The SMILES string of the molecule is COC(=O)N[C@@H](CC1CCCCC1)C(=O)N[C@@H](CC1CCC(NSO)CC1)C(N)S. The van der Waals surface area contributed by atoms with E-state index in [1.807, 2.05) is 0 Å². The van der Waals surface area contributed by atoms with Crippen molar-refractivity contribution in [2.24, 2.45) is 17.6 Å². The Morgan fingerprint density at radius 1 is 1.07 bits per heavy atom. The second-order valence-electron chi connectivity index (χ2n) is 8.70. The second-order valence-corrected chi connectivity index (χ2v) is 9.71. The van der Waals surface area contributed by atoms with E-state index in [0.29, 0.717) is 36.5 Å². The fourth-order valence-corrected chi connectivity index (χ4v) is 5.29. The van der Waals surface area contributed by atoms with Gasteiger partial charge in [0.05, 0.1) is 30.8 Å². The quantitative estimate of drug-likeness (QED) is 0.128. The molecule has 174 valence electrons. The lowest BCUT2D eigenvalue weighted by atomic mass is 9.82. The van der Waals surface area contributed by atoms with E-state index in [1.165, 1.54) is 26.4 Å². The van der Waals surface area contributed by atoms with Crippen molar-refractivity contribution in [1.82, 2.24) is 15.4 Å². The standard InChI is InChI=1S/C20H38N4O4S2/c1-28-20(26)23-17(12-13-5-3-2-4-6-13)19(25)22-16(18(21)29)11-14-7-9-15(10-8-14)24-30-27/h13-18,24,27,29H,2-12,21H2,1H3,(H,22,25)(H,23,26)/t14?,15?,16-,17-,18?/m0/s1. The largest absolute Gasteiger partial charge is 0.453 e. The number of thiol groups is 1. The zero-order valence-electron chi connectivity index (χ0n) is 17.8. The monoisotopic (exact) mass is 462 g/mol.